The Morgan fingerprint density at radius 2 is 1.90 bits per heavy atom. The quantitative estimate of drug-likeness (QED) is 0.748. The number of ether oxygens (including phenoxy) is 1. The SMILES string of the molecule is CN(C)C1=CC(Oc2cccc(C(F)(F)F)c2)N(NC(=O)c2cccc(F)c2)C=N1. The number of hydrogen-bond donors (Lipinski definition) is 1. The molecule has 1 unspecified atom stereocenters. The van der Waals surface area contributed by atoms with Gasteiger partial charge in [0.15, 0.2) is 0 Å². The van der Waals surface area contributed by atoms with Crippen LogP contribution in [0, 0.1) is 5.82 Å². The first-order valence-electron chi connectivity index (χ1n) is 8.75. The Morgan fingerprint density at radius 1 is 1.17 bits per heavy atom. The first-order valence-corrected chi connectivity index (χ1v) is 8.75. The zero-order valence-electron chi connectivity index (χ0n) is 16.0. The lowest BCUT2D eigenvalue weighted by Gasteiger charge is -2.32. The van der Waals surface area contributed by atoms with Crippen LogP contribution in [0.15, 0.2) is 65.4 Å². The largest absolute Gasteiger partial charge is 0.465 e. The van der Waals surface area contributed by atoms with E-state index >= 15 is 0 Å². The lowest BCUT2D eigenvalue weighted by Crippen LogP contribution is -2.51. The molecule has 2 aromatic carbocycles. The molecule has 1 heterocycles. The van der Waals surface area contributed by atoms with Gasteiger partial charge in [0.1, 0.15) is 23.7 Å². The van der Waals surface area contributed by atoms with E-state index in [0.29, 0.717) is 5.82 Å². The second-order valence-corrected chi connectivity index (χ2v) is 6.56. The molecule has 1 atom stereocenters. The highest BCUT2D eigenvalue weighted by molar-refractivity contribution is 5.94. The van der Waals surface area contributed by atoms with E-state index in [1.54, 1.807) is 19.0 Å². The van der Waals surface area contributed by atoms with E-state index in [1.165, 1.54) is 47.8 Å². The van der Waals surface area contributed by atoms with Crippen LogP contribution in [0.25, 0.3) is 0 Å². The summed E-state index contributed by atoms with van der Waals surface area (Å²) in [4.78, 5) is 18.3. The molecule has 158 valence electrons. The molecule has 0 fully saturated rings. The van der Waals surface area contributed by atoms with E-state index in [2.05, 4.69) is 10.4 Å². The van der Waals surface area contributed by atoms with Gasteiger partial charge in [-0.2, -0.15) is 13.2 Å². The Bertz CT molecular complexity index is 989. The molecule has 2 aromatic rings. The molecule has 1 aliphatic heterocycles. The minimum Gasteiger partial charge on any atom is -0.465 e. The molecule has 0 aromatic heterocycles. The Balaban J connectivity index is 1.84. The van der Waals surface area contributed by atoms with Crippen LogP contribution >= 0.6 is 0 Å². The van der Waals surface area contributed by atoms with Gasteiger partial charge in [0.2, 0.25) is 6.23 Å². The van der Waals surface area contributed by atoms with Crippen molar-refractivity contribution in [1.82, 2.24) is 15.3 Å². The van der Waals surface area contributed by atoms with Gasteiger partial charge in [0.25, 0.3) is 5.91 Å². The number of nitrogens with one attached hydrogen (secondary N) is 1. The average molecular weight is 422 g/mol. The van der Waals surface area contributed by atoms with E-state index < -0.39 is 29.7 Å². The topological polar surface area (TPSA) is 57.2 Å². The molecule has 1 N–H and O–H groups in total. The summed E-state index contributed by atoms with van der Waals surface area (Å²) in [5, 5.41) is 1.18. The molecule has 0 saturated carbocycles. The van der Waals surface area contributed by atoms with E-state index in [-0.39, 0.29) is 11.3 Å². The Morgan fingerprint density at radius 3 is 2.57 bits per heavy atom. The number of hydrogen-bond acceptors (Lipinski definition) is 5. The van der Waals surface area contributed by atoms with Crippen molar-refractivity contribution in [2.75, 3.05) is 14.1 Å². The van der Waals surface area contributed by atoms with Crippen molar-refractivity contribution in [3.05, 3.63) is 77.4 Å². The van der Waals surface area contributed by atoms with Gasteiger partial charge in [0.05, 0.1) is 5.56 Å². The number of carbonyl (C=O) groups excluding carboxylic acids is 1. The molecule has 0 aliphatic carbocycles. The van der Waals surface area contributed by atoms with Crippen LogP contribution in [0.4, 0.5) is 17.6 Å². The van der Waals surface area contributed by atoms with Crippen molar-refractivity contribution < 1.29 is 27.1 Å². The fourth-order valence-electron chi connectivity index (χ4n) is 2.58. The zero-order chi connectivity index (χ0) is 21.9. The number of nitrogens with zero attached hydrogens (tertiary/aromatic N) is 3. The maximum Gasteiger partial charge on any atom is 0.416 e. The van der Waals surface area contributed by atoms with Crippen molar-refractivity contribution in [1.29, 1.82) is 0 Å². The predicted octanol–water partition coefficient (Wildman–Crippen LogP) is 3.64. The van der Waals surface area contributed by atoms with E-state index in [4.69, 9.17) is 4.74 Å². The minimum absolute atomic E-state index is 0.0514. The molecular formula is C20H18F4N4O2. The Hall–Kier alpha value is -3.56. The Labute approximate surface area is 170 Å². The van der Waals surface area contributed by atoms with Crippen LogP contribution in [0.3, 0.4) is 0 Å². The van der Waals surface area contributed by atoms with Gasteiger partial charge in [0, 0.05) is 25.7 Å². The van der Waals surface area contributed by atoms with Crippen LogP contribution in [-0.2, 0) is 6.18 Å². The third kappa shape index (κ3) is 5.07. The summed E-state index contributed by atoms with van der Waals surface area (Å²) in [6, 6.07) is 9.45. The number of alkyl halides is 3. The van der Waals surface area contributed by atoms with Crippen LogP contribution in [0.1, 0.15) is 15.9 Å². The fourth-order valence-corrected chi connectivity index (χ4v) is 2.58. The molecule has 0 bridgehead atoms. The molecule has 6 nitrogen and oxygen atoms in total. The molecular weight excluding hydrogens is 404 g/mol. The lowest BCUT2D eigenvalue weighted by molar-refractivity contribution is -0.137. The van der Waals surface area contributed by atoms with Gasteiger partial charge in [-0.05, 0) is 36.4 Å². The number of amides is 1. The fraction of sp³-hybridized carbons (Fsp3) is 0.200. The monoisotopic (exact) mass is 422 g/mol. The predicted molar refractivity (Wildman–Crippen MR) is 102 cm³/mol. The van der Waals surface area contributed by atoms with Crippen LogP contribution < -0.4 is 10.2 Å². The molecule has 0 saturated heterocycles. The summed E-state index contributed by atoms with van der Waals surface area (Å²) in [5.41, 5.74) is 1.70. The molecule has 30 heavy (non-hydrogen) atoms. The van der Waals surface area contributed by atoms with Crippen molar-refractivity contribution in [3.63, 3.8) is 0 Å². The normalized spacial score (nSPS) is 16.1. The van der Waals surface area contributed by atoms with Crippen LogP contribution in [0.5, 0.6) is 5.75 Å². The smallest absolute Gasteiger partial charge is 0.416 e. The maximum atomic E-state index is 13.4. The van der Waals surface area contributed by atoms with Gasteiger partial charge < -0.3 is 9.64 Å². The summed E-state index contributed by atoms with van der Waals surface area (Å²) in [7, 11) is 3.46. The highest BCUT2D eigenvalue weighted by Gasteiger charge is 2.31. The molecule has 0 spiro atoms. The van der Waals surface area contributed by atoms with Gasteiger partial charge in [-0.1, -0.05) is 12.1 Å². The number of benzene rings is 2. The van der Waals surface area contributed by atoms with Gasteiger partial charge in [-0.25, -0.2) is 14.4 Å². The van der Waals surface area contributed by atoms with E-state index in [1.807, 2.05) is 0 Å². The van der Waals surface area contributed by atoms with Gasteiger partial charge in [-0.3, -0.25) is 10.2 Å². The van der Waals surface area contributed by atoms with Crippen LogP contribution in [0.2, 0.25) is 0 Å². The van der Waals surface area contributed by atoms with E-state index in [9.17, 15) is 22.4 Å². The molecule has 3 rings (SSSR count). The maximum absolute atomic E-state index is 13.4. The van der Waals surface area contributed by atoms with Crippen LogP contribution in [-0.4, -0.2) is 42.5 Å². The molecule has 0 radical (unpaired) electrons. The minimum atomic E-state index is -4.52. The molecule has 1 aliphatic rings. The number of rotatable bonds is 5. The third-order valence-corrected chi connectivity index (χ3v) is 4.07. The number of carbonyl (C=O) groups is 1. The van der Waals surface area contributed by atoms with Crippen molar-refractivity contribution >= 4 is 12.2 Å². The Kier molecular flexibility index (Phi) is 5.95. The van der Waals surface area contributed by atoms with Crippen molar-refractivity contribution in [2.45, 2.75) is 12.4 Å². The number of halogens is 4. The zero-order valence-corrected chi connectivity index (χ0v) is 16.0. The van der Waals surface area contributed by atoms with Gasteiger partial charge >= 0.3 is 6.18 Å². The standard InChI is InChI=1S/C20H18F4N4O2/c1-27(2)17-11-18(30-16-8-4-6-14(10-16)20(22,23)24)28(12-25-17)26-19(29)13-5-3-7-15(21)9-13/h3-12,18H,1-2H3,(H,26,29). The molecule has 1 amide bonds. The number of aliphatic imine (C=N–C) groups is 1. The van der Waals surface area contributed by atoms with Crippen molar-refractivity contribution in [2.24, 2.45) is 4.99 Å². The average Bonchev–Trinajstić information content (AvgIpc) is 2.68. The van der Waals surface area contributed by atoms with Gasteiger partial charge in [-0.15, -0.1) is 0 Å². The first-order chi connectivity index (χ1) is 14.1. The second kappa shape index (κ2) is 8.44. The highest BCUT2D eigenvalue weighted by atomic mass is 19.4. The summed E-state index contributed by atoms with van der Waals surface area (Å²) < 4.78 is 58.1. The van der Waals surface area contributed by atoms with Crippen molar-refractivity contribution in [3.8, 4) is 5.75 Å². The number of hydrazine groups is 1. The summed E-state index contributed by atoms with van der Waals surface area (Å²) >= 11 is 0. The summed E-state index contributed by atoms with van der Waals surface area (Å²) in [6.07, 6.45) is -2.74. The summed E-state index contributed by atoms with van der Waals surface area (Å²) in [6.45, 7) is 0. The lowest BCUT2D eigenvalue weighted by atomic mass is 10.2. The third-order valence-electron chi connectivity index (χ3n) is 4.07. The highest BCUT2D eigenvalue weighted by Crippen LogP contribution is 2.31. The molecule has 10 heteroatoms. The summed E-state index contributed by atoms with van der Waals surface area (Å²) in [5.74, 6) is -0.797. The second-order valence-electron chi connectivity index (χ2n) is 6.56. The first kappa shape index (κ1) is 21.2. The van der Waals surface area contributed by atoms with E-state index in [0.717, 1.165) is 18.2 Å².